The van der Waals surface area contributed by atoms with E-state index < -0.39 is 0 Å². The lowest BCUT2D eigenvalue weighted by molar-refractivity contribution is -0.121. The van der Waals surface area contributed by atoms with Crippen molar-refractivity contribution in [1.82, 2.24) is 20.3 Å². The maximum absolute atomic E-state index is 11.1. The number of nitriles is 1. The molecule has 7 nitrogen and oxygen atoms in total. The van der Waals surface area contributed by atoms with Crippen LogP contribution in [0.15, 0.2) is 6.20 Å². The molecule has 0 radical (unpaired) electrons. The first kappa shape index (κ1) is 10.1. The molecule has 0 aliphatic heterocycles. The molecule has 0 aliphatic rings. The third-order valence-corrected chi connectivity index (χ3v) is 1.47. The predicted molar refractivity (Wildman–Crippen MR) is 46.5 cm³/mol. The van der Waals surface area contributed by atoms with Gasteiger partial charge in [0.1, 0.15) is 13.1 Å². The molecular weight excluding hydrogens is 184 g/mol. The summed E-state index contributed by atoms with van der Waals surface area (Å²) >= 11 is 0. The van der Waals surface area contributed by atoms with Gasteiger partial charge in [-0.3, -0.25) is 4.79 Å². The summed E-state index contributed by atoms with van der Waals surface area (Å²) in [5, 5.41) is 18.0. The molecule has 14 heavy (non-hydrogen) atoms. The van der Waals surface area contributed by atoms with Gasteiger partial charge >= 0.3 is 0 Å². The normalized spacial score (nSPS) is 9.43. The van der Waals surface area contributed by atoms with Crippen molar-refractivity contribution in [3.05, 3.63) is 11.9 Å². The summed E-state index contributed by atoms with van der Waals surface area (Å²) in [4.78, 5) is 11.1. The van der Waals surface area contributed by atoms with Crippen molar-refractivity contribution >= 4 is 5.91 Å². The van der Waals surface area contributed by atoms with Gasteiger partial charge in [-0.25, -0.2) is 4.68 Å². The Kier molecular flexibility index (Phi) is 3.58. The van der Waals surface area contributed by atoms with E-state index in [4.69, 9.17) is 11.0 Å². The Balaban J connectivity index is 2.44. The summed E-state index contributed by atoms with van der Waals surface area (Å²) < 4.78 is 1.37. The fraction of sp³-hybridized carbons (Fsp3) is 0.429. The Morgan fingerprint density at radius 2 is 2.57 bits per heavy atom. The largest absolute Gasteiger partial charge is 0.341 e. The number of nitrogens with one attached hydrogen (secondary N) is 1. The van der Waals surface area contributed by atoms with Crippen LogP contribution in [0.1, 0.15) is 5.69 Å². The first-order valence-corrected chi connectivity index (χ1v) is 3.99. The average Bonchev–Trinajstić information content (AvgIpc) is 2.62. The van der Waals surface area contributed by atoms with Gasteiger partial charge in [-0.15, -0.1) is 5.10 Å². The van der Waals surface area contributed by atoms with E-state index in [2.05, 4.69) is 15.6 Å². The van der Waals surface area contributed by atoms with Crippen molar-refractivity contribution in [1.29, 1.82) is 5.26 Å². The SMILES string of the molecule is N#CCNC(=O)Cn1cc(CN)nn1. The minimum Gasteiger partial charge on any atom is -0.341 e. The Morgan fingerprint density at radius 1 is 1.79 bits per heavy atom. The lowest BCUT2D eigenvalue weighted by Gasteiger charge is -1.99. The number of nitrogens with zero attached hydrogens (tertiary/aromatic N) is 4. The number of hydrogen-bond acceptors (Lipinski definition) is 5. The molecule has 7 heteroatoms. The molecule has 0 bridgehead atoms. The van der Waals surface area contributed by atoms with Gasteiger partial charge in [0, 0.05) is 6.54 Å². The topological polar surface area (TPSA) is 110 Å². The summed E-state index contributed by atoms with van der Waals surface area (Å²) in [7, 11) is 0. The van der Waals surface area contributed by atoms with Crippen LogP contribution in [0.3, 0.4) is 0 Å². The zero-order valence-electron chi connectivity index (χ0n) is 7.47. The van der Waals surface area contributed by atoms with E-state index in [1.54, 1.807) is 12.3 Å². The maximum atomic E-state index is 11.1. The zero-order chi connectivity index (χ0) is 10.4. The van der Waals surface area contributed by atoms with Gasteiger partial charge in [0.25, 0.3) is 0 Å². The second-order valence-corrected chi connectivity index (χ2v) is 2.55. The minimum atomic E-state index is -0.278. The summed E-state index contributed by atoms with van der Waals surface area (Å²) in [5.74, 6) is -0.278. The van der Waals surface area contributed by atoms with Gasteiger partial charge in [-0.2, -0.15) is 5.26 Å². The van der Waals surface area contributed by atoms with Gasteiger partial charge in [0.05, 0.1) is 18.0 Å². The van der Waals surface area contributed by atoms with Crippen LogP contribution in [0.4, 0.5) is 0 Å². The minimum absolute atomic E-state index is 0.00270. The highest BCUT2D eigenvalue weighted by Crippen LogP contribution is 1.90. The molecule has 0 aliphatic carbocycles. The van der Waals surface area contributed by atoms with Crippen LogP contribution in [0.25, 0.3) is 0 Å². The highest BCUT2D eigenvalue weighted by atomic mass is 16.2. The van der Waals surface area contributed by atoms with Crippen molar-refractivity contribution in [2.24, 2.45) is 5.73 Å². The number of carbonyl (C=O) groups is 1. The van der Waals surface area contributed by atoms with Crippen molar-refractivity contribution in [3.63, 3.8) is 0 Å². The first-order valence-electron chi connectivity index (χ1n) is 3.99. The van der Waals surface area contributed by atoms with Crippen molar-refractivity contribution in [3.8, 4) is 6.07 Å². The summed E-state index contributed by atoms with van der Waals surface area (Å²) in [5.41, 5.74) is 5.94. The van der Waals surface area contributed by atoms with Crippen molar-refractivity contribution in [2.75, 3.05) is 6.54 Å². The van der Waals surface area contributed by atoms with E-state index in [-0.39, 0.29) is 19.0 Å². The van der Waals surface area contributed by atoms with Crippen LogP contribution in [-0.2, 0) is 17.9 Å². The predicted octanol–water partition coefficient (Wildman–Crippen LogP) is -1.62. The Morgan fingerprint density at radius 3 is 3.14 bits per heavy atom. The fourth-order valence-corrected chi connectivity index (χ4v) is 0.850. The van der Waals surface area contributed by atoms with E-state index in [1.165, 1.54) is 4.68 Å². The number of amides is 1. The Hall–Kier alpha value is -1.94. The van der Waals surface area contributed by atoms with Crippen LogP contribution < -0.4 is 11.1 Å². The molecule has 0 fully saturated rings. The standard InChI is InChI=1S/C7H10N6O/c8-1-2-10-7(14)5-13-4-6(3-9)11-12-13/h4H,2-3,5,9H2,(H,10,14). The highest BCUT2D eigenvalue weighted by molar-refractivity contribution is 5.75. The number of hydrogen-bond donors (Lipinski definition) is 2. The molecule has 0 saturated heterocycles. The van der Waals surface area contributed by atoms with E-state index in [1.807, 2.05) is 0 Å². The molecule has 0 atom stereocenters. The smallest absolute Gasteiger partial charge is 0.242 e. The molecule has 1 aromatic heterocycles. The number of carbonyl (C=O) groups excluding carboxylic acids is 1. The van der Waals surface area contributed by atoms with Crippen LogP contribution in [-0.4, -0.2) is 27.4 Å². The summed E-state index contributed by atoms with van der Waals surface area (Å²) in [6.07, 6.45) is 1.59. The average molecular weight is 194 g/mol. The molecule has 3 N–H and O–H groups in total. The zero-order valence-corrected chi connectivity index (χ0v) is 7.47. The fourth-order valence-electron chi connectivity index (χ4n) is 0.850. The van der Waals surface area contributed by atoms with Gasteiger partial charge in [0.2, 0.25) is 5.91 Å². The lowest BCUT2D eigenvalue weighted by Crippen LogP contribution is -2.27. The molecule has 0 aromatic carbocycles. The number of nitrogens with two attached hydrogens (primary N) is 1. The molecular formula is C7H10N6O. The number of rotatable bonds is 4. The molecule has 74 valence electrons. The van der Waals surface area contributed by atoms with Gasteiger partial charge in [-0.1, -0.05) is 5.21 Å². The van der Waals surface area contributed by atoms with Gasteiger partial charge in [-0.05, 0) is 0 Å². The highest BCUT2D eigenvalue weighted by Gasteiger charge is 2.03. The van der Waals surface area contributed by atoms with Crippen LogP contribution in [0.5, 0.6) is 0 Å². The van der Waals surface area contributed by atoms with E-state index >= 15 is 0 Å². The molecule has 1 rings (SSSR count). The Bertz CT molecular complexity index is 351. The van der Waals surface area contributed by atoms with E-state index in [0.717, 1.165) is 0 Å². The number of aromatic nitrogens is 3. The molecule has 1 heterocycles. The third kappa shape index (κ3) is 2.84. The van der Waals surface area contributed by atoms with Crippen LogP contribution >= 0.6 is 0 Å². The molecule has 0 unspecified atom stereocenters. The molecule has 0 saturated carbocycles. The third-order valence-electron chi connectivity index (χ3n) is 1.47. The first-order chi connectivity index (χ1) is 6.76. The van der Waals surface area contributed by atoms with Crippen LogP contribution in [0, 0.1) is 11.3 Å². The van der Waals surface area contributed by atoms with Gasteiger partial charge in [0.15, 0.2) is 0 Å². The second-order valence-electron chi connectivity index (χ2n) is 2.55. The Labute approximate surface area is 80.5 Å². The maximum Gasteiger partial charge on any atom is 0.242 e. The van der Waals surface area contributed by atoms with E-state index in [0.29, 0.717) is 12.2 Å². The lowest BCUT2D eigenvalue weighted by atomic mass is 10.5. The monoisotopic (exact) mass is 194 g/mol. The van der Waals surface area contributed by atoms with Crippen molar-refractivity contribution in [2.45, 2.75) is 13.1 Å². The van der Waals surface area contributed by atoms with Gasteiger partial charge < -0.3 is 11.1 Å². The van der Waals surface area contributed by atoms with Crippen LogP contribution in [0.2, 0.25) is 0 Å². The molecule has 1 aromatic rings. The van der Waals surface area contributed by atoms with Crippen molar-refractivity contribution < 1.29 is 4.79 Å². The molecule has 0 spiro atoms. The van der Waals surface area contributed by atoms with E-state index in [9.17, 15) is 4.79 Å². The molecule has 1 amide bonds. The summed E-state index contributed by atoms with van der Waals surface area (Å²) in [6.45, 7) is 0.339. The second kappa shape index (κ2) is 4.94. The summed E-state index contributed by atoms with van der Waals surface area (Å²) in [6, 6.07) is 1.80. The quantitative estimate of drug-likeness (QED) is 0.559.